The van der Waals surface area contributed by atoms with Crippen LogP contribution in [0.25, 0.3) is 5.78 Å². The van der Waals surface area contributed by atoms with Gasteiger partial charge in [0.25, 0.3) is 5.56 Å². The topological polar surface area (TPSA) is 111 Å². The molecule has 2 N–H and O–H groups in total. The second-order valence-electron chi connectivity index (χ2n) is 6.20. The van der Waals surface area contributed by atoms with Gasteiger partial charge in [0.2, 0.25) is 11.7 Å². The van der Waals surface area contributed by atoms with Gasteiger partial charge in [0.05, 0.1) is 20.0 Å². The summed E-state index contributed by atoms with van der Waals surface area (Å²) in [5, 5.41) is 11.5. The zero-order valence-electron chi connectivity index (χ0n) is 16.5. The number of rotatable bonds is 9. The van der Waals surface area contributed by atoms with Crippen LogP contribution in [0.15, 0.2) is 34.2 Å². The first-order chi connectivity index (χ1) is 14.0. The van der Waals surface area contributed by atoms with E-state index in [1.54, 1.807) is 18.6 Å². The maximum Gasteiger partial charge on any atom is 0.252 e. The Morgan fingerprint density at radius 2 is 2.00 bits per heavy atom. The van der Waals surface area contributed by atoms with Crippen LogP contribution in [0.1, 0.15) is 18.2 Å². The van der Waals surface area contributed by atoms with Gasteiger partial charge in [-0.1, -0.05) is 24.8 Å². The molecule has 1 aromatic carbocycles. The van der Waals surface area contributed by atoms with Gasteiger partial charge in [-0.3, -0.25) is 19.0 Å². The Labute approximate surface area is 171 Å². The third-order valence-corrected chi connectivity index (χ3v) is 5.26. The van der Waals surface area contributed by atoms with E-state index < -0.39 is 0 Å². The Kier molecular flexibility index (Phi) is 6.76. The van der Waals surface area contributed by atoms with Crippen LogP contribution in [0, 0.1) is 0 Å². The molecule has 9 nitrogen and oxygen atoms in total. The Balaban J connectivity index is 1.54. The van der Waals surface area contributed by atoms with Gasteiger partial charge in [-0.05, 0) is 30.5 Å². The van der Waals surface area contributed by atoms with Crippen LogP contribution in [-0.2, 0) is 17.6 Å². The van der Waals surface area contributed by atoms with Gasteiger partial charge in [0, 0.05) is 18.3 Å². The lowest BCUT2D eigenvalue weighted by molar-refractivity contribution is -0.118. The highest BCUT2D eigenvalue weighted by atomic mass is 32.2. The van der Waals surface area contributed by atoms with Gasteiger partial charge >= 0.3 is 0 Å². The van der Waals surface area contributed by atoms with Crippen molar-refractivity contribution < 1.29 is 14.3 Å². The van der Waals surface area contributed by atoms with Crippen molar-refractivity contribution in [3.05, 3.63) is 45.9 Å². The molecule has 0 aliphatic carbocycles. The first-order valence-electron chi connectivity index (χ1n) is 9.13. The number of aromatic amines is 1. The molecular formula is C19H23N5O4S. The molecule has 29 heavy (non-hydrogen) atoms. The maximum absolute atomic E-state index is 12.2. The van der Waals surface area contributed by atoms with Gasteiger partial charge in [-0.2, -0.15) is 0 Å². The van der Waals surface area contributed by atoms with Gasteiger partial charge in [0.1, 0.15) is 0 Å². The maximum atomic E-state index is 12.2. The number of methoxy groups -OCH3 is 2. The molecule has 3 aromatic rings. The number of benzene rings is 1. The number of nitrogens with zero attached hydrogens (tertiary/aromatic N) is 3. The van der Waals surface area contributed by atoms with Crippen molar-refractivity contribution in [1.82, 2.24) is 24.9 Å². The number of nitrogens with one attached hydrogen (secondary N) is 2. The third-order valence-electron chi connectivity index (χ3n) is 4.33. The minimum Gasteiger partial charge on any atom is -0.493 e. The Morgan fingerprint density at radius 3 is 2.72 bits per heavy atom. The van der Waals surface area contributed by atoms with E-state index in [0.29, 0.717) is 41.8 Å². The summed E-state index contributed by atoms with van der Waals surface area (Å²) in [4.78, 5) is 26.5. The number of H-pyrrole nitrogens is 1. The smallest absolute Gasteiger partial charge is 0.252 e. The second-order valence-corrected chi connectivity index (χ2v) is 7.14. The number of hydrogen-bond acceptors (Lipinski definition) is 7. The molecule has 0 aliphatic heterocycles. The van der Waals surface area contributed by atoms with Crippen molar-refractivity contribution in [2.75, 3.05) is 26.5 Å². The summed E-state index contributed by atoms with van der Waals surface area (Å²) in [5.74, 6) is 1.82. The molecule has 0 aliphatic rings. The predicted octanol–water partition coefficient (Wildman–Crippen LogP) is 1.45. The number of aryl methyl sites for hydroxylation is 1. The van der Waals surface area contributed by atoms with Crippen LogP contribution in [0.5, 0.6) is 11.5 Å². The molecule has 3 rings (SSSR count). The molecule has 0 unspecified atom stereocenters. The fraction of sp³-hybridized carbons (Fsp3) is 0.368. The zero-order valence-corrected chi connectivity index (χ0v) is 17.3. The number of carbonyl (C=O) groups excluding carboxylic acids is 1. The minimum atomic E-state index is -0.216. The molecule has 0 saturated carbocycles. The monoisotopic (exact) mass is 417 g/mol. The van der Waals surface area contributed by atoms with Gasteiger partial charge < -0.3 is 14.8 Å². The highest BCUT2D eigenvalue weighted by Gasteiger charge is 2.13. The molecule has 2 aromatic heterocycles. The lowest BCUT2D eigenvalue weighted by atomic mass is 10.1. The van der Waals surface area contributed by atoms with Crippen LogP contribution < -0.4 is 20.3 Å². The average Bonchev–Trinajstić information content (AvgIpc) is 3.14. The number of thioether (sulfide) groups is 1. The number of ether oxygens (including phenoxy) is 2. The van der Waals surface area contributed by atoms with E-state index in [4.69, 9.17) is 9.47 Å². The van der Waals surface area contributed by atoms with Crippen molar-refractivity contribution in [3.8, 4) is 11.5 Å². The fourth-order valence-corrected chi connectivity index (χ4v) is 3.68. The minimum absolute atomic E-state index is 0.102. The molecule has 0 bridgehead atoms. The standard InChI is InChI=1S/C19H23N5O4S/c1-4-13-10-16(25)21-18-22-23-19(24(13)18)29-11-17(26)20-8-7-12-5-6-14(27-2)15(9-12)28-3/h5-6,9-10H,4,7-8,11H2,1-3H3,(H,20,26)(H,21,22,25). The highest BCUT2D eigenvalue weighted by Crippen LogP contribution is 2.27. The lowest BCUT2D eigenvalue weighted by Crippen LogP contribution is -2.27. The van der Waals surface area contributed by atoms with Crippen LogP contribution in [0.3, 0.4) is 0 Å². The quantitative estimate of drug-likeness (QED) is 0.507. The second kappa shape index (κ2) is 9.46. The summed E-state index contributed by atoms with van der Waals surface area (Å²) in [6.07, 6.45) is 1.33. The molecule has 154 valence electrons. The van der Waals surface area contributed by atoms with E-state index >= 15 is 0 Å². The summed E-state index contributed by atoms with van der Waals surface area (Å²) in [7, 11) is 3.18. The van der Waals surface area contributed by atoms with E-state index in [1.807, 2.05) is 25.1 Å². The van der Waals surface area contributed by atoms with E-state index in [1.165, 1.54) is 17.8 Å². The number of aromatic nitrogens is 4. The predicted molar refractivity (Wildman–Crippen MR) is 110 cm³/mol. The molecular weight excluding hydrogens is 394 g/mol. The van der Waals surface area contributed by atoms with Crippen LogP contribution in [-0.4, -0.2) is 52.0 Å². The van der Waals surface area contributed by atoms with Gasteiger partial charge in [0.15, 0.2) is 16.7 Å². The fourth-order valence-electron chi connectivity index (χ4n) is 2.89. The third kappa shape index (κ3) is 4.89. The first kappa shape index (κ1) is 20.7. The summed E-state index contributed by atoms with van der Waals surface area (Å²) >= 11 is 1.28. The number of amides is 1. The van der Waals surface area contributed by atoms with Crippen molar-refractivity contribution in [3.63, 3.8) is 0 Å². The SMILES string of the molecule is CCc1cc(=O)[nH]c2nnc(SCC(=O)NCCc3ccc(OC)c(OC)c3)n12. The van der Waals surface area contributed by atoms with Crippen molar-refractivity contribution in [2.45, 2.75) is 24.9 Å². The van der Waals surface area contributed by atoms with Crippen LogP contribution in [0.2, 0.25) is 0 Å². The van der Waals surface area contributed by atoms with E-state index in [-0.39, 0.29) is 17.2 Å². The molecule has 1 amide bonds. The molecule has 10 heteroatoms. The molecule has 0 fully saturated rings. The molecule has 0 saturated heterocycles. The lowest BCUT2D eigenvalue weighted by Gasteiger charge is -2.10. The van der Waals surface area contributed by atoms with E-state index in [9.17, 15) is 9.59 Å². The molecule has 2 heterocycles. The summed E-state index contributed by atoms with van der Waals surface area (Å²) in [6, 6.07) is 7.20. The number of fused-ring (bicyclic) bond motifs is 1. The first-order valence-corrected chi connectivity index (χ1v) is 10.1. The van der Waals surface area contributed by atoms with Crippen molar-refractivity contribution >= 4 is 23.4 Å². The van der Waals surface area contributed by atoms with Crippen molar-refractivity contribution in [2.24, 2.45) is 0 Å². The van der Waals surface area contributed by atoms with E-state index in [2.05, 4.69) is 20.5 Å². The van der Waals surface area contributed by atoms with Crippen molar-refractivity contribution in [1.29, 1.82) is 0 Å². The molecule has 0 radical (unpaired) electrons. The van der Waals surface area contributed by atoms with E-state index in [0.717, 1.165) is 11.3 Å². The summed E-state index contributed by atoms with van der Waals surface area (Å²) in [6.45, 7) is 2.45. The van der Waals surface area contributed by atoms with Gasteiger partial charge in [-0.15, -0.1) is 10.2 Å². The number of hydrogen-bond donors (Lipinski definition) is 2. The van der Waals surface area contributed by atoms with Gasteiger partial charge in [-0.25, -0.2) is 0 Å². The largest absolute Gasteiger partial charge is 0.493 e. The Bertz CT molecular complexity index is 1060. The average molecular weight is 417 g/mol. The zero-order chi connectivity index (χ0) is 20.8. The molecule has 0 spiro atoms. The molecule has 0 atom stereocenters. The van der Waals surface area contributed by atoms with Crippen LogP contribution in [0.4, 0.5) is 0 Å². The summed E-state index contributed by atoms with van der Waals surface area (Å²) in [5.41, 5.74) is 1.62. The summed E-state index contributed by atoms with van der Waals surface area (Å²) < 4.78 is 12.3. The number of carbonyl (C=O) groups is 1. The Morgan fingerprint density at radius 1 is 1.21 bits per heavy atom. The normalized spacial score (nSPS) is 10.9. The Hall–Kier alpha value is -3.01. The highest BCUT2D eigenvalue weighted by molar-refractivity contribution is 7.99. The van der Waals surface area contributed by atoms with Crippen LogP contribution >= 0.6 is 11.8 Å².